The number of allylic oxidation sites excluding steroid dienone is 5. The summed E-state index contributed by atoms with van der Waals surface area (Å²) in [5.74, 6) is -0.201. The molecule has 6 N–H and O–H groups in total. The molecule has 1 fully saturated rings. The zero-order chi connectivity index (χ0) is 37.4. The molecule has 1 amide bonds. The van der Waals surface area contributed by atoms with E-state index in [9.17, 15) is 30.3 Å². The van der Waals surface area contributed by atoms with Crippen molar-refractivity contribution in [3.8, 4) is 0 Å². The number of aliphatic hydroxyl groups excluding tert-OH is 5. The smallest absolute Gasteiger partial charge is 0.220 e. The Balaban J connectivity index is 2.43. The number of ether oxygens (including phenoxy) is 2. The molecule has 51 heavy (non-hydrogen) atoms. The lowest BCUT2D eigenvalue weighted by Gasteiger charge is -2.40. The average Bonchev–Trinajstić information content (AvgIpc) is 3.13. The number of unbranched alkanes of at least 4 members (excludes halogenated alkanes) is 19. The van der Waals surface area contributed by atoms with Crippen molar-refractivity contribution in [2.24, 2.45) is 0 Å². The number of hydrogen-bond acceptors (Lipinski definition) is 8. The first kappa shape index (κ1) is 47.4. The third-order valence-electron chi connectivity index (χ3n) is 9.67. The van der Waals surface area contributed by atoms with Crippen LogP contribution in [-0.4, -0.2) is 87.5 Å². The van der Waals surface area contributed by atoms with Crippen molar-refractivity contribution in [3.63, 3.8) is 0 Å². The van der Waals surface area contributed by atoms with E-state index in [1.54, 1.807) is 6.08 Å². The molecular weight excluding hydrogens is 646 g/mol. The van der Waals surface area contributed by atoms with Gasteiger partial charge in [-0.3, -0.25) is 4.79 Å². The van der Waals surface area contributed by atoms with Crippen molar-refractivity contribution in [2.45, 2.75) is 211 Å². The molecule has 0 aromatic heterocycles. The number of amides is 1. The summed E-state index contributed by atoms with van der Waals surface area (Å²) in [6.45, 7) is 3.67. The molecule has 1 heterocycles. The first-order chi connectivity index (χ1) is 24.8. The fraction of sp³-hybridized carbons (Fsp3) is 0.833. The summed E-state index contributed by atoms with van der Waals surface area (Å²) in [7, 11) is 0. The van der Waals surface area contributed by atoms with Gasteiger partial charge in [0, 0.05) is 6.42 Å². The maximum atomic E-state index is 12.8. The topological polar surface area (TPSA) is 149 Å². The van der Waals surface area contributed by atoms with Crippen LogP contribution in [-0.2, 0) is 14.3 Å². The second-order valence-electron chi connectivity index (χ2n) is 14.4. The van der Waals surface area contributed by atoms with Crippen LogP contribution in [0.5, 0.6) is 0 Å². The molecule has 0 radical (unpaired) electrons. The minimum atomic E-state index is -1.57. The fourth-order valence-electron chi connectivity index (χ4n) is 6.29. The average molecular weight is 724 g/mol. The minimum absolute atomic E-state index is 0.201. The molecule has 0 saturated carbocycles. The van der Waals surface area contributed by atoms with Crippen LogP contribution < -0.4 is 5.32 Å². The highest BCUT2D eigenvalue weighted by Crippen LogP contribution is 2.22. The Morgan fingerprint density at radius 2 is 1.16 bits per heavy atom. The molecule has 1 rings (SSSR count). The predicted octanol–water partition coefficient (Wildman–Crippen LogP) is 7.72. The molecule has 7 atom stereocenters. The first-order valence-electron chi connectivity index (χ1n) is 20.7. The van der Waals surface area contributed by atoms with E-state index in [0.717, 1.165) is 64.2 Å². The molecule has 298 valence electrons. The summed E-state index contributed by atoms with van der Waals surface area (Å²) in [5, 5.41) is 53.9. The van der Waals surface area contributed by atoms with E-state index in [0.29, 0.717) is 6.42 Å². The second-order valence-corrected chi connectivity index (χ2v) is 14.4. The van der Waals surface area contributed by atoms with Crippen molar-refractivity contribution < 1.29 is 39.8 Å². The molecule has 1 aliphatic rings. The SMILES string of the molecule is CCC/C=C\CCCCCCCC(=O)NC(COC1OC(CO)C(O)C(O)C1O)C(O)/C=C/CC/C=C/CCCCCCCCCCCCCC. The zero-order valence-corrected chi connectivity index (χ0v) is 32.4. The molecule has 9 nitrogen and oxygen atoms in total. The van der Waals surface area contributed by atoms with Crippen LogP contribution in [0.15, 0.2) is 36.5 Å². The van der Waals surface area contributed by atoms with Crippen LogP contribution in [0.1, 0.15) is 168 Å². The maximum Gasteiger partial charge on any atom is 0.220 e. The van der Waals surface area contributed by atoms with Gasteiger partial charge in [0.05, 0.1) is 25.4 Å². The molecule has 0 bridgehead atoms. The highest BCUT2D eigenvalue weighted by atomic mass is 16.7. The predicted molar refractivity (Wildman–Crippen MR) is 207 cm³/mol. The molecule has 1 saturated heterocycles. The summed E-state index contributed by atoms with van der Waals surface area (Å²) in [4.78, 5) is 12.8. The third-order valence-corrected chi connectivity index (χ3v) is 9.67. The molecule has 0 spiro atoms. The normalized spacial score (nSPS) is 22.4. The largest absolute Gasteiger partial charge is 0.394 e. The van der Waals surface area contributed by atoms with Gasteiger partial charge in [-0.25, -0.2) is 0 Å². The van der Waals surface area contributed by atoms with E-state index in [4.69, 9.17) is 9.47 Å². The van der Waals surface area contributed by atoms with E-state index in [1.165, 1.54) is 83.5 Å². The van der Waals surface area contributed by atoms with Gasteiger partial charge in [0.15, 0.2) is 6.29 Å². The Kier molecular flexibility index (Phi) is 30.7. The fourth-order valence-corrected chi connectivity index (χ4v) is 6.29. The van der Waals surface area contributed by atoms with Gasteiger partial charge in [0.1, 0.15) is 24.4 Å². The van der Waals surface area contributed by atoms with E-state index in [1.807, 2.05) is 6.08 Å². The summed E-state index contributed by atoms with van der Waals surface area (Å²) in [6.07, 6.45) is 32.0. The van der Waals surface area contributed by atoms with Gasteiger partial charge in [0.25, 0.3) is 0 Å². The Hall–Kier alpha value is -1.59. The number of carbonyl (C=O) groups is 1. The van der Waals surface area contributed by atoms with Crippen LogP contribution in [0, 0.1) is 0 Å². The van der Waals surface area contributed by atoms with Crippen molar-refractivity contribution in [3.05, 3.63) is 36.5 Å². The van der Waals surface area contributed by atoms with E-state index in [-0.39, 0.29) is 12.5 Å². The van der Waals surface area contributed by atoms with Gasteiger partial charge in [-0.15, -0.1) is 0 Å². The standard InChI is InChI=1S/C42H77NO8/c1-3-5-7-9-11-13-15-16-17-18-19-20-21-22-23-25-27-29-31-36(45)35(34-50-42-41(49)40(48)39(47)37(33-44)51-42)43-38(46)32-30-28-26-24-14-12-10-8-6-4-2/h8,10,22-23,29,31,35-37,39-42,44-45,47-49H,3-7,9,11-21,24-28,30,32-34H2,1-2H3,(H,43,46)/b10-8-,23-22+,31-29+. The van der Waals surface area contributed by atoms with Crippen LogP contribution in [0.25, 0.3) is 0 Å². The minimum Gasteiger partial charge on any atom is -0.394 e. The maximum absolute atomic E-state index is 12.8. The monoisotopic (exact) mass is 724 g/mol. The Morgan fingerprint density at radius 1 is 0.647 bits per heavy atom. The van der Waals surface area contributed by atoms with E-state index >= 15 is 0 Å². The quantitative estimate of drug-likeness (QED) is 0.0298. The highest BCUT2D eigenvalue weighted by molar-refractivity contribution is 5.76. The lowest BCUT2D eigenvalue weighted by Crippen LogP contribution is -2.60. The summed E-state index contributed by atoms with van der Waals surface area (Å²) >= 11 is 0. The number of nitrogens with one attached hydrogen (secondary N) is 1. The molecule has 0 aromatic carbocycles. The van der Waals surface area contributed by atoms with Gasteiger partial charge in [-0.05, 0) is 51.4 Å². The van der Waals surface area contributed by atoms with Gasteiger partial charge >= 0.3 is 0 Å². The third kappa shape index (κ3) is 24.4. The highest BCUT2D eigenvalue weighted by Gasteiger charge is 2.44. The van der Waals surface area contributed by atoms with Crippen LogP contribution in [0.2, 0.25) is 0 Å². The van der Waals surface area contributed by atoms with E-state index < -0.39 is 49.5 Å². The van der Waals surface area contributed by atoms with Gasteiger partial charge in [-0.2, -0.15) is 0 Å². The molecule has 0 aromatic rings. The summed E-state index contributed by atoms with van der Waals surface area (Å²) < 4.78 is 11.1. The first-order valence-corrected chi connectivity index (χ1v) is 20.7. The second kappa shape index (κ2) is 33.0. The zero-order valence-electron chi connectivity index (χ0n) is 32.4. The molecule has 7 unspecified atom stereocenters. The van der Waals surface area contributed by atoms with Crippen molar-refractivity contribution in [1.29, 1.82) is 0 Å². The Morgan fingerprint density at radius 3 is 1.73 bits per heavy atom. The van der Waals surface area contributed by atoms with Gasteiger partial charge in [0.2, 0.25) is 5.91 Å². The van der Waals surface area contributed by atoms with Crippen LogP contribution in [0.3, 0.4) is 0 Å². The summed E-state index contributed by atoms with van der Waals surface area (Å²) in [6, 6.07) is -0.822. The van der Waals surface area contributed by atoms with Crippen molar-refractivity contribution >= 4 is 5.91 Å². The molecule has 9 heteroatoms. The Labute approximate surface area is 311 Å². The molecular formula is C42H77NO8. The number of aliphatic hydroxyl groups is 5. The number of hydrogen-bond donors (Lipinski definition) is 6. The lowest BCUT2D eigenvalue weighted by atomic mass is 9.99. The van der Waals surface area contributed by atoms with Crippen molar-refractivity contribution in [1.82, 2.24) is 5.32 Å². The van der Waals surface area contributed by atoms with Gasteiger partial charge in [-0.1, -0.05) is 147 Å². The van der Waals surface area contributed by atoms with Gasteiger partial charge < -0.3 is 40.3 Å². The van der Waals surface area contributed by atoms with Crippen molar-refractivity contribution in [2.75, 3.05) is 13.2 Å². The van der Waals surface area contributed by atoms with Crippen LogP contribution >= 0.6 is 0 Å². The molecule has 0 aliphatic carbocycles. The molecule has 1 aliphatic heterocycles. The van der Waals surface area contributed by atoms with Crippen LogP contribution in [0.4, 0.5) is 0 Å². The summed E-state index contributed by atoms with van der Waals surface area (Å²) in [5.41, 5.74) is 0. The Bertz CT molecular complexity index is 894. The lowest BCUT2D eigenvalue weighted by molar-refractivity contribution is -0.302. The number of rotatable bonds is 33. The van der Waals surface area contributed by atoms with E-state index in [2.05, 4.69) is 43.5 Å². The number of carbonyl (C=O) groups excluding carboxylic acids is 1.